The molecule has 8 nitrogen and oxygen atoms in total. The second-order valence-electron chi connectivity index (χ2n) is 7.57. The van der Waals surface area contributed by atoms with Crippen LogP contribution in [0.4, 0.5) is 10.3 Å². The molecule has 3 aromatic carbocycles. The van der Waals surface area contributed by atoms with Crippen molar-refractivity contribution in [2.75, 3.05) is 5.43 Å². The molecular weight excluding hydrogens is 423 g/mol. The number of benzene rings is 3. The van der Waals surface area contributed by atoms with Gasteiger partial charge in [0, 0.05) is 7.05 Å². The van der Waals surface area contributed by atoms with Crippen LogP contribution >= 0.6 is 0 Å². The van der Waals surface area contributed by atoms with Gasteiger partial charge < -0.3 is 0 Å². The zero-order valence-corrected chi connectivity index (χ0v) is 17.6. The average molecular weight is 442 g/mol. The molecule has 9 heteroatoms. The Kier molecular flexibility index (Phi) is 5.06. The molecule has 2 heterocycles. The van der Waals surface area contributed by atoms with E-state index in [1.807, 2.05) is 42.5 Å². The highest BCUT2D eigenvalue weighted by molar-refractivity contribution is 5.86. The van der Waals surface area contributed by atoms with Crippen molar-refractivity contribution < 1.29 is 4.39 Å². The standard InChI is InChI=1S/C24H19FN6O2/c1-30-21-20(22(32)28-24(30)33)31(14-17-7-4-6-16-5-2-3-8-19(16)17)23(27-21)29-26-13-15-9-11-18(25)12-10-15/h2-13H,14H2,1H3,(H,27,29)(H,28,32,33)/b26-13+. The third-order valence-electron chi connectivity index (χ3n) is 5.46. The molecule has 5 rings (SSSR count). The van der Waals surface area contributed by atoms with Gasteiger partial charge in [0.05, 0.1) is 12.8 Å². The zero-order chi connectivity index (χ0) is 22.9. The van der Waals surface area contributed by atoms with Crippen LogP contribution < -0.4 is 16.7 Å². The van der Waals surface area contributed by atoms with Gasteiger partial charge >= 0.3 is 5.69 Å². The van der Waals surface area contributed by atoms with Gasteiger partial charge in [0.1, 0.15) is 5.82 Å². The van der Waals surface area contributed by atoms with Crippen LogP contribution in [0.2, 0.25) is 0 Å². The Hall–Kier alpha value is -4.53. The van der Waals surface area contributed by atoms with E-state index in [2.05, 4.69) is 20.5 Å². The van der Waals surface area contributed by atoms with E-state index in [9.17, 15) is 14.0 Å². The van der Waals surface area contributed by atoms with Crippen LogP contribution in [0.1, 0.15) is 11.1 Å². The summed E-state index contributed by atoms with van der Waals surface area (Å²) in [5, 5.41) is 6.32. The highest BCUT2D eigenvalue weighted by atomic mass is 19.1. The summed E-state index contributed by atoms with van der Waals surface area (Å²) in [5.41, 5.74) is 3.94. The number of fused-ring (bicyclic) bond motifs is 2. The van der Waals surface area contributed by atoms with Gasteiger partial charge in [0.2, 0.25) is 5.95 Å². The number of anilines is 1. The van der Waals surface area contributed by atoms with Gasteiger partial charge in [-0.1, -0.05) is 54.6 Å². The Morgan fingerprint density at radius 2 is 1.82 bits per heavy atom. The fourth-order valence-corrected chi connectivity index (χ4v) is 3.79. The molecule has 0 bridgehead atoms. The van der Waals surface area contributed by atoms with Crippen LogP contribution in [0.15, 0.2) is 81.4 Å². The largest absolute Gasteiger partial charge is 0.329 e. The Morgan fingerprint density at radius 1 is 1.06 bits per heavy atom. The summed E-state index contributed by atoms with van der Waals surface area (Å²) in [7, 11) is 1.54. The first-order valence-corrected chi connectivity index (χ1v) is 10.2. The highest BCUT2D eigenvalue weighted by Gasteiger charge is 2.18. The van der Waals surface area contributed by atoms with Crippen molar-refractivity contribution in [3.63, 3.8) is 0 Å². The maximum atomic E-state index is 13.1. The van der Waals surface area contributed by atoms with E-state index >= 15 is 0 Å². The van der Waals surface area contributed by atoms with Gasteiger partial charge in [0.15, 0.2) is 11.2 Å². The first kappa shape index (κ1) is 20.4. The third-order valence-corrected chi connectivity index (χ3v) is 5.46. The fourth-order valence-electron chi connectivity index (χ4n) is 3.79. The summed E-state index contributed by atoms with van der Waals surface area (Å²) in [5.74, 6) is -0.0415. The highest BCUT2D eigenvalue weighted by Crippen LogP contribution is 2.23. The van der Waals surface area contributed by atoms with E-state index in [4.69, 9.17) is 0 Å². The normalized spacial score (nSPS) is 11.6. The summed E-state index contributed by atoms with van der Waals surface area (Å²) in [6, 6.07) is 19.8. The number of hydrogen-bond donors (Lipinski definition) is 2. The number of aromatic amines is 1. The average Bonchev–Trinajstić information content (AvgIpc) is 3.18. The molecule has 0 unspecified atom stereocenters. The molecule has 164 valence electrons. The Bertz CT molecular complexity index is 1620. The lowest BCUT2D eigenvalue weighted by molar-refractivity contribution is 0.628. The summed E-state index contributed by atoms with van der Waals surface area (Å²) >= 11 is 0. The Labute approximate surface area is 186 Å². The first-order chi connectivity index (χ1) is 16.0. The van der Waals surface area contributed by atoms with Crippen molar-refractivity contribution in [1.29, 1.82) is 0 Å². The van der Waals surface area contributed by atoms with Gasteiger partial charge in [0.25, 0.3) is 5.56 Å². The number of hydrogen-bond acceptors (Lipinski definition) is 5. The van der Waals surface area contributed by atoms with Crippen molar-refractivity contribution in [2.24, 2.45) is 12.1 Å². The number of H-pyrrole nitrogens is 1. The summed E-state index contributed by atoms with van der Waals surface area (Å²) in [6.07, 6.45) is 1.52. The lowest BCUT2D eigenvalue weighted by atomic mass is 10.0. The molecule has 0 spiro atoms. The third kappa shape index (κ3) is 3.80. The quantitative estimate of drug-likeness (QED) is 0.323. The van der Waals surface area contributed by atoms with E-state index in [0.717, 1.165) is 16.3 Å². The van der Waals surface area contributed by atoms with E-state index in [1.54, 1.807) is 23.7 Å². The van der Waals surface area contributed by atoms with Crippen molar-refractivity contribution in [3.05, 3.63) is 105 Å². The predicted octanol–water partition coefficient (Wildman–Crippen LogP) is 3.21. The van der Waals surface area contributed by atoms with Gasteiger partial charge in [-0.15, -0.1) is 0 Å². The number of imidazole rings is 1. The number of halogens is 1. The van der Waals surface area contributed by atoms with Gasteiger partial charge in [-0.05, 0) is 34.0 Å². The lowest BCUT2D eigenvalue weighted by Gasteiger charge is -2.11. The van der Waals surface area contributed by atoms with Crippen LogP contribution in [-0.2, 0) is 13.6 Å². The molecule has 0 aliphatic rings. The monoisotopic (exact) mass is 442 g/mol. The van der Waals surface area contributed by atoms with Crippen molar-refractivity contribution >= 4 is 34.1 Å². The topological polar surface area (TPSA) is 97.1 Å². The van der Waals surface area contributed by atoms with E-state index < -0.39 is 11.2 Å². The Morgan fingerprint density at radius 3 is 2.64 bits per heavy atom. The molecule has 0 atom stereocenters. The van der Waals surface area contributed by atoms with Gasteiger partial charge in [-0.3, -0.25) is 18.9 Å². The second kappa shape index (κ2) is 8.19. The number of hydrazone groups is 1. The van der Waals surface area contributed by atoms with E-state index in [-0.39, 0.29) is 17.0 Å². The van der Waals surface area contributed by atoms with Crippen LogP contribution in [-0.4, -0.2) is 25.3 Å². The first-order valence-electron chi connectivity index (χ1n) is 10.2. The maximum absolute atomic E-state index is 13.1. The van der Waals surface area contributed by atoms with Gasteiger partial charge in [-0.2, -0.15) is 10.1 Å². The van der Waals surface area contributed by atoms with E-state index in [0.29, 0.717) is 18.1 Å². The minimum atomic E-state index is -0.552. The summed E-state index contributed by atoms with van der Waals surface area (Å²) in [6.45, 7) is 0.327. The summed E-state index contributed by atoms with van der Waals surface area (Å²) in [4.78, 5) is 31.7. The maximum Gasteiger partial charge on any atom is 0.329 e. The van der Waals surface area contributed by atoms with Crippen LogP contribution in [0.3, 0.4) is 0 Å². The molecule has 2 N–H and O–H groups in total. The minimum Gasteiger partial charge on any atom is -0.298 e. The molecule has 0 aliphatic carbocycles. The predicted molar refractivity (Wildman–Crippen MR) is 126 cm³/mol. The smallest absolute Gasteiger partial charge is 0.298 e. The number of aromatic nitrogens is 4. The minimum absolute atomic E-state index is 0.239. The summed E-state index contributed by atoms with van der Waals surface area (Å²) < 4.78 is 16.1. The van der Waals surface area contributed by atoms with Crippen molar-refractivity contribution in [3.8, 4) is 0 Å². The van der Waals surface area contributed by atoms with Crippen LogP contribution in [0, 0.1) is 5.82 Å². The molecule has 33 heavy (non-hydrogen) atoms. The second-order valence-corrected chi connectivity index (χ2v) is 7.57. The molecule has 0 radical (unpaired) electrons. The van der Waals surface area contributed by atoms with Crippen LogP contribution in [0.25, 0.3) is 21.9 Å². The molecule has 0 saturated heterocycles. The Balaban J connectivity index is 1.62. The molecule has 0 saturated carbocycles. The lowest BCUT2D eigenvalue weighted by Crippen LogP contribution is -2.29. The molecule has 2 aromatic heterocycles. The molecule has 0 amide bonds. The molecular formula is C24H19FN6O2. The van der Waals surface area contributed by atoms with Crippen molar-refractivity contribution in [2.45, 2.75) is 6.54 Å². The number of nitrogens with one attached hydrogen (secondary N) is 2. The molecule has 0 fully saturated rings. The van der Waals surface area contributed by atoms with E-state index in [1.165, 1.54) is 22.9 Å². The number of rotatable bonds is 5. The molecule has 0 aliphatic heterocycles. The van der Waals surface area contributed by atoms with Crippen molar-refractivity contribution in [1.82, 2.24) is 19.1 Å². The molecule has 5 aromatic rings. The van der Waals surface area contributed by atoms with Gasteiger partial charge in [-0.25, -0.2) is 14.6 Å². The van der Waals surface area contributed by atoms with Crippen LogP contribution in [0.5, 0.6) is 0 Å². The zero-order valence-electron chi connectivity index (χ0n) is 17.6. The fraction of sp³-hybridized carbons (Fsp3) is 0.0833. The SMILES string of the molecule is Cn1c(=O)[nH]c(=O)c2c1nc(N/N=C/c1ccc(F)cc1)n2Cc1cccc2ccccc12. The number of aryl methyl sites for hydroxylation is 1. The number of nitrogens with zero attached hydrogens (tertiary/aromatic N) is 4.